The lowest BCUT2D eigenvalue weighted by molar-refractivity contribution is 0.0944. The molecule has 1 amide bonds. The van der Waals surface area contributed by atoms with E-state index in [2.05, 4.69) is 20.3 Å². The zero-order valence-corrected chi connectivity index (χ0v) is 14.7. The summed E-state index contributed by atoms with van der Waals surface area (Å²) < 4.78 is 5.87. The minimum absolute atomic E-state index is 0.0375. The van der Waals surface area contributed by atoms with Crippen molar-refractivity contribution in [3.8, 4) is 11.6 Å². The maximum atomic E-state index is 12.3. The van der Waals surface area contributed by atoms with E-state index in [1.165, 1.54) is 11.8 Å². The summed E-state index contributed by atoms with van der Waals surface area (Å²) in [6, 6.07) is 6.00. The summed E-state index contributed by atoms with van der Waals surface area (Å²) >= 11 is 0. The minimum atomic E-state index is -0.193. The summed E-state index contributed by atoms with van der Waals surface area (Å²) in [7, 11) is 0. The predicted molar refractivity (Wildman–Crippen MR) is 98.3 cm³/mol. The van der Waals surface area contributed by atoms with Gasteiger partial charge >= 0.3 is 0 Å². The van der Waals surface area contributed by atoms with Crippen LogP contribution in [0.1, 0.15) is 47.8 Å². The van der Waals surface area contributed by atoms with Gasteiger partial charge in [0.05, 0.1) is 11.8 Å². The Labute approximate surface area is 151 Å². The average Bonchev–Trinajstić information content (AvgIpc) is 3.18. The molecule has 1 unspecified atom stereocenters. The molecule has 2 heterocycles. The van der Waals surface area contributed by atoms with Crippen LogP contribution in [0.15, 0.2) is 30.6 Å². The molecule has 0 fully saturated rings. The fraction of sp³-hybridized carbons (Fsp3) is 0.316. The van der Waals surface area contributed by atoms with Crippen molar-refractivity contribution in [2.45, 2.75) is 38.8 Å². The van der Waals surface area contributed by atoms with Crippen molar-refractivity contribution >= 4 is 17.1 Å². The summed E-state index contributed by atoms with van der Waals surface area (Å²) in [6.45, 7) is 3.82. The van der Waals surface area contributed by atoms with Crippen LogP contribution < -0.4 is 15.8 Å². The molecule has 0 saturated carbocycles. The zero-order valence-electron chi connectivity index (χ0n) is 14.7. The summed E-state index contributed by atoms with van der Waals surface area (Å²) in [4.78, 5) is 24.0. The smallest absolute Gasteiger partial charge is 0.255 e. The second-order valence-corrected chi connectivity index (χ2v) is 6.84. The van der Waals surface area contributed by atoms with Crippen LogP contribution in [0.5, 0.6) is 11.6 Å². The molecule has 1 atom stereocenters. The molecule has 0 spiro atoms. The number of nitrogens with two attached hydrogens (primary N) is 1. The molecule has 0 aliphatic heterocycles. The van der Waals surface area contributed by atoms with Crippen molar-refractivity contribution in [3.05, 3.63) is 47.3 Å². The number of nitrogens with one attached hydrogen (secondary N) is 2. The van der Waals surface area contributed by atoms with Crippen LogP contribution >= 0.6 is 0 Å². The molecule has 0 saturated heterocycles. The Morgan fingerprint density at radius 2 is 2.27 bits per heavy atom. The number of aryl methyl sites for hydroxylation is 1. The predicted octanol–water partition coefficient (Wildman–Crippen LogP) is 2.83. The first-order chi connectivity index (χ1) is 12.5. The lowest BCUT2D eigenvalue weighted by atomic mass is 10.1. The first kappa shape index (κ1) is 16.5. The van der Waals surface area contributed by atoms with Crippen LogP contribution in [0.2, 0.25) is 0 Å². The number of hydrogen-bond acceptors (Lipinski definition) is 5. The lowest BCUT2D eigenvalue weighted by Crippen LogP contribution is -2.29. The Bertz CT molecular complexity index is 979. The van der Waals surface area contributed by atoms with Gasteiger partial charge in [-0.05, 0) is 49.9 Å². The largest absolute Gasteiger partial charge is 0.437 e. The average molecular weight is 351 g/mol. The van der Waals surface area contributed by atoms with Crippen LogP contribution in [0, 0.1) is 0 Å². The second kappa shape index (κ2) is 6.42. The number of aromatic nitrogens is 3. The van der Waals surface area contributed by atoms with E-state index in [0.717, 1.165) is 18.4 Å². The molecule has 1 aliphatic carbocycles. The van der Waals surface area contributed by atoms with Gasteiger partial charge < -0.3 is 20.8 Å². The highest BCUT2D eigenvalue weighted by Gasteiger charge is 2.20. The lowest BCUT2D eigenvalue weighted by Gasteiger charge is -2.09. The van der Waals surface area contributed by atoms with Gasteiger partial charge in [-0.15, -0.1) is 0 Å². The fourth-order valence-corrected chi connectivity index (χ4v) is 3.23. The molecule has 1 aliphatic rings. The van der Waals surface area contributed by atoms with E-state index >= 15 is 0 Å². The first-order valence-corrected chi connectivity index (χ1v) is 8.72. The molecular formula is C19H21N5O2. The topological polar surface area (TPSA) is 106 Å². The molecule has 4 rings (SSSR count). The third-order valence-electron chi connectivity index (χ3n) is 4.49. The van der Waals surface area contributed by atoms with Gasteiger partial charge in [0, 0.05) is 18.3 Å². The minimum Gasteiger partial charge on any atom is -0.437 e. The number of rotatable bonds is 4. The van der Waals surface area contributed by atoms with Gasteiger partial charge in [-0.1, -0.05) is 6.07 Å². The van der Waals surface area contributed by atoms with E-state index in [1.807, 2.05) is 32.0 Å². The van der Waals surface area contributed by atoms with Gasteiger partial charge in [-0.2, -0.15) is 0 Å². The number of benzene rings is 1. The SMILES string of the molecule is CC(C)NC(=O)c1c[nH]c2ncc(Oc3ccc4c(c3)C(N)CC4)nc12. The van der Waals surface area contributed by atoms with Crippen molar-refractivity contribution in [2.75, 3.05) is 0 Å². The molecule has 7 heteroatoms. The van der Waals surface area contributed by atoms with Gasteiger partial charge in [0.15, 0.2) is 5.65 Å². The Kier molecular flexibility index (Phi) is 4.08. The van der Waals surface area contributed by atoms with Gasteiger partial charge in [0.1, 0.15) is 11.3 Å². The number of nitrogens with zero attached hydrogens (tertiary/aromatic N) is 2. The Morgan fingerprint density at radius 1 is 1.42 bits per heavy atom. The van der Waals surface area contributed by atoms with Gasteiger partial charge in [0.25, 0.3) is 5.91 Å². The fourth-order valence-electron chi connectivity index (χ4n) is 3.23. The van der Waals surface area contributed by atoms with Crippen molar-refractivity contribution in [2.24, 2.45) is 5.73 Å². The number of H-pyrrole nitrogens is 1. The molecule has 26 heavy (non-hydrogen) atoms. The van der Waals surface area contributed by atoms with Crippen LogP contribution in [-0.2, 0) is 6.42 Å². The van der Waals surface area contributed by atoms with Gasteiger partial charge in [-0.25, -0.2) is 9.97 Å². The Balaban J connectivity index is 1.63. The molecular weight excluding hydrogens is 330 g/mol. The van der Waals surface area contributed by atoms with Crippen LogP contribution in [0.4, 0.5) is 0 Å². The van der Waals surface area contributed by atoms with Gasteiger partial charge in [0.2, 0.25) is 5.88 Å². The normalized spacial score (nSPS) is 16.1. The highest BCUT2D eigenvalue weighted by atomic mass is 16.5. The van der Waals surface area contributed by atoms with E-state index in [4.69, 9.17) is 10.5 Å². The molecule has 4 N–H and O–H groups in total. The first-order valence-electron chi connectivity index (χ1n) is 8.72. The maximum absolute atomic E-state index is 12.3. The summed E-state index contributed by atoms with van der Waals surface area (Å²) in [5.41, 5.74) is 9.99. The third-order valence-corrected chi connectivity index (χ3v) is 4.49. The quantitative estimate of drug-likeness (QED) is 0.670. The van der Waals surface area contributed by atoms with Crippen LogP contribution in [0.25, 0.3) is 11.2 Å². The molecule has 2 aromatic heterocycles. The molecule has 3 aromatic rings. The monoisotopic (exact) mass is 351 g/mol. The third kappa shape index (κ3) is 3.01. The highest BCUT2D eigenvalue weighted by Crippen LogP contribution is 2.33. The number of aromatic amines is 1. The van der Waals surface area contributed by atoms with E-state index in [0.29, 0.717) is 28.4 Å². The molecule has 0 bridgehead atoms. The number of carbonyl (C=O) groups is 1. The van der Waals surface area contributed by atoms with Crippen LogP contribution in [-0.4, -0.2) is 26.9 Å². The Morgan fingerprint density at radius 3 is 3.08 bits per heavy atom. The van der Waals surface area contributed by atoms with E-state index in [9.17, 15) is 4.79 Å². The maximum Gasteiger partial charge on any atom is 0.255 e. The Hall–Kier alpha value is -2.93. The van der Waals surface area contributed by atoms with E-state index in [-0.39, 0.29) is 18.0 Å². The van der Waals surface area contributed by atoms with Gasteiger partial charge in [-0.3, -0.25) is 4.79 Å². The van der Waals surface area contributed by atoms with E-state index in [1.54, 1.807) is 6.20 Å². The number of amides is 1. The van der Waals surface area contributed by atoms with E-state index < -0.39 is 0 Å². The number of ether oxygens (including phenoxy) is 1. The molecule has 7 nitrogen and oxygen atoms in total. The molecule has 0 radical (unpaired) electrons. The number of fused-ring (bicyclic) bond motifs is 2. The molecule has 134 valence electrons. The van der Waals surface area contributed by atoms with Crippen molar-refractivity contribution < 1.29 is 9.53 Å². The highest BCUT2D eigenvalue weighted by molar-refractivity contribution is 6.04. The summed E-state index contributed by atoms with van der Waals surface area (Å²) in [5, 5.41) is 2.86. The number of carbonyl (C=O) groups excluding carboxylic acids is 1. The molecule has 1 aromatic carbocycles. The van der Waals surface area contributed by atoms with Crippen molar-refractivity contribution in [1.82, 2.24) is 20.3 Å². The second-order valence-electron chi connectivity index (χ2n) is 6.84. The number of hydrogen-bond donors (Lipinski definition) is 3. The zero-order chi connectivity index (χ0) is 18.3. The summed E-state index contributed by atoms with van der Waals surface area (Å²) in [6.07, 6.45) is 5.11. The van der Waals surface area contributed by atoms with Crippen molar-refractivity contribution in [1.29, 1.82) is 0 Å². The summed E-state index contributed by atoms with van der Waals surface area (Å²) in [5.74, 6) is 0.807. The van der Waals surface area contributed by atoms with Crippen molar-refractivity contribution in [3.63, 3.8) is 0 Å². The van der Waals surface area contributed by atoms with Crippen LogP contribution in [0.3, 0.4) is 0 Å². The standard InChI is InChI=1S/C19H21N5O2/c1-10(2)23-19(25)14-8-21-18-17(14)24-16(9-22-18)26-12-5-3-11-4-6-15(20)13(11)7-12/h3,5,7-10,15H,4,6,20H2,1-2H3,(H,21,22)(H,23,25).